The highest BCUT2D eigenvalue weighted by Gasteiger charge is 2.09. The van der Waals surface area contributed by atoms with Crippen LogP contribution in [0.5, 0.6) is 11.5 Å². The van der Waals surface area contributed by atoms with Gasteiger partial charge in [0.1, 0.15) is 0 Å². The third-order valence-electron chi connectivity index (χ3n) is 1.98. The van der Waals surface area contributed by atoms with Crippen molar-refractivity contribution in [3.63, 3.8) is 0 Å². The number of nitrogens with one attached hydrogen (secondary N) is 1. The molecule has 15 heavy (non-hydrogen) atoms. The SMILES string of the molecule is COc1ccnc(CNCCN)c1OC. The molecular weight excluding hydrogens is 194 g/mol. The van der Waals surface area contributed by atoms with Gasteiger partial charge in [0, 0.05) is 31.9 Å². The highest BCUT2D eigenvalue weighted by molar-refractivity contribution is 5.42. The molecule has 1 aromatic rings. The van der Waals surface area contributed by atoms with E-state index in [-0.39, 0.29) is 0 Å². The largest absolute Gasteiger partial charge is 0.493 e. The second-order valence-corrected chi connectivity index (χ2v) is 2.96. The van der Waals surface area contributed by atoms with Gasteiger partial charge in [-0.3, -0.25) is 4.98 Å². The first-order valence-electron chi connectivity index (χ1n) is 4.80. The maximum atomic E-state index is 5.38. The van der Waals surface area contributed by atoms with Crippen LogP contribution in [0.15, 0.2) is 12.3 Å². The molecule has 1 heterocycles. The molecule has 1 rings (SSSR count). The van der Waals surface area contributed by atoms with Crippen molar-refractivity contribution in [1.82, 2.24) is 10.3 Å². The third-order valence-corrected chi connectivity index (χ3v) is 1.98. The average Bonchev–Trinajstić information content (AvgIpc) is 2.29. The zero-order valence-electron chi connectivity index (χ0n) is 9.12. The first-order valence-corrected chi connectivity index (χ1v) is 4.80. The predicted octanol–water partition coefficient (Wildman–Crippen LogP) is 0.147. The predicted molar refractivity (Wildman–Crippen MR) is 58.1 cm³/mol. The Hall–Kier alpha value is -1.33. The highest BCUT2D eigenvalue weighted by atomic mass is 16.5. The fraction of sp³-hybridized carbons (Fsp3) is 0.500. The van der Waals surface area contributed by atoms with Gasteiger partial charge in [0.2, 0.25) is 0 Å². The number of nitrogens with two attached hydrogens (primary N) is 1. The minimum Gasteiger partial charge on any atom is -0.493 e. The molecule has 0 radical (unpaired) electrons. The molecule has 0 aliphatic rings. The van der Waals surface area contributed by atoms with Crippen LogP contribution in [0.25, 0.3) is 0 Å². The van der Waals surface area contributed by atoms with Crippen LogP contribution < -0.4 is 20.5 Å². The summed E-state index contributed by atoms with van der Waals surface area (Å²) in [5.41, 5.74) is 6.20. The van der Waals surface area contributed by atoms with Crippen LogP contribution in [-0.4, -0.2) is 32.3 Å². The second-order valence-electron chi connectivity index (χ2n) is 2.96. The fourth-order valence-corrected chi connectivity index (χ4v) is 1.29. The maximum absolute atomic E-state index is 5.38. The molecule has 3 N–H and O–H groups in total. The van der Waals surface area contributed by atoms with Gasteiger partial charge in [-0.1, -0.05) is 0 Å². The quantitative estimate of drug-likeness (QED) is 0.655. The van der Waals surface area contributed by atoms with Crippen molar-refractivity contribution in [3.05, 3.63) is 18.0 Å². The number of hydrogen-bond acceptors (Lipinski definition) is 5. The summed E-state index contributed by atoms with van der Waals surface area (Å²) in [6, 6.07) is 1.77. The van der Waals surface area contributed by atoms with E-state index >= 15 is 0 Å². The van der Waals surface area contributed by atoms with Crippen LogP contribution in [0.3, 0.4) is 0 Å². The normalized spacial score (nSPS) is 10.1. The lowest BCUT2D eigenvalue weighted by atomic mass is 10.3. The highest BCUT2D eigenvalue weighted by Crippen LogP contribution is 2.28. The molecule has 0 spiro atoms. The van der Waals surface area contributed by atoms with Gasteiger partial charge in [0.15, 0.2) is 11.5 Å². The topological polar surface area (TPSA) is 69.4 Å². The Kier molecular flexibility index (Phi) is 4.86. The Morgan fingerprint density at radius 2 is 2.20 bits per heavy atom. The maximum Gasteiger partial charge on any atom is 0.183 e. The minimum absolute atomic E-state index is 0.603. The summed E-state index contributed by atoms with van der Waals surface area (Å²) >= 11 is 0. The molecule has 0 aliphatic heterocycles. The second kappa shape index (κ2) is 6.21. The number of pyridine rings is 1. The zero-order valence-corrected chi connectivity index (χ0v) is 9.12. The summed E-state index contributed by atoms with van der Waals surface area (Å²) in [5.74, 6) is 1.36. The van der Waals surface area contributed by atoms with Crippen molar-refractivity contribution in [1.29, 1.82) is 0 Å². The molecule has 5 heteroatoms. The van der Waals surface area contributed by atoms with E-state index in [0.29, 0.717) is 24.6 Å². The van der Waals surface area contributed by atoms with Crippen molar-refractivity contribution in [2.24, 2.45) is 5.73 Å². The van der Waals surface area contributed by atoms with Crippen LogP contribution in [-0.2, 0) is 6.54 Å². The molecule has 0 fully saturated rings. The van der Waals surface area contributed by atoms with Crippen LogP contribution >= 0.6 is 0 Å². The molecule has 5 nitrogen and oxygen atoms in total. The monoisotopic (exact) mass is 211 g/mol. The van der Waals surface area contributed by atoms with Crippen LogP contribution in [0.4, 0.5) is 0 Å². The van der Waals surface area contributed by atoms with E-state index in [1.165, 1.54) is 0 Å². The van der Waals surface area contributed by atoms with Gasteiger partial charge in [0.05, 0.1) is 19.9 Å². The van der Waals surface area contributed by atoms with Crippen molar-refractivity contribution < 1.29 is 9.47 Å². The van der Waals surface area contributed by atoms with Gasteiger partial charge in [-0.2, -0.15) is 0 Å². The standard InChI is InChI=1S/C10H17N3O2/c1-14-9-3-5-13-8(10(9)15-2)7-12-6-4-11/h3,5,12H,4,6-7,11H2,1-2H3. The first-order chi connectivity index (χ1) is 7.33. The number of ether oxygens (including phenoxy) is 2. The average molecular weight is 211 g/mol. The van der Waals surface area contributed by atoms with Crippen molar-refractivity contribution in [3.8, 4) is 11.5 Å². The van der Waals surface area contributed by atoms with Gasteiger partial charge >= 0.3 is 0 Å². The molecule has 0 amide bonds. The number of nitrogens with zero attached hydrogens (tertiary/aromatic N) is 1. The number of aromatic nitrogens is 1. The molecule has 0 unspecified atom stereocenters. The van der Waals surface area contributed by atoms with E-state index in [1.807, 2.05) is 0 Å². The van der Waals surface area contributed by atoms with E-state index in [0.717, 1.165) is 12.2 Å². The van der Waals surface area contributed by atoms with E-state index in [9.17, 15) is 0 Å². The van der Waals surface area contributed by atoms with Gasteiger partial charge < -0.3 is 20.5 Å². The molecule has 0 aliphatic carbocycles. The molecule has 0 aromatic carbocycles. The lowest BCUT2D eigenvalue weighted by Gasteiger charge is -2.11. The Morgan fingerprint density at radius 3 is 2.80 bits per heavy atom. The van der Waals surface area contributed by atoms with Crippen molar-refractivity contribution >= 4 is 0 Å². The van der Waals surface area contributed by atoms with E-state index in [1.54, 1.807) is 26.5 Å². The number of methoxy groups -OCH3 is 2. The summed E-state index contributed by atoms with van der Waals surface area (Å²) in [6.45, 7) is 1.98. The van der Waals surface area contributed by atoms with Gasteiger partial charge in [0.25, 0.3) is 0 Å². The lowest BCUT2D eigenvalue weighted by molar-refractivity contribution is 0.348. The molecule has 0 saturated carbocycles. The summed E-state index contributed by atoms with van der Waals surface area (Å²) in [4.78, 5) is 4.22. The van der Waals surface area contributed by atoms with Gasteiger partial charge in [-0.15, -0.1) is 0 Å². The van der Waals surface area contributed by atoms with Gasteiger partial charge in [-0.05, 0) is 0 Å². The van der Waals surface area contributed by atoms with Crippen LogP contribution in [0, 0.1) is 0 Å². The summed E-state index contributed by atoms with van der Waals surface area (Å²) in [5, 5.41) is 3.15. The molecule has 1 aromatic heterocycles. The number of rotatable bonds is 6. The van der Waals surface area contributed by atoms with Crippen molar-refractivity contribution in [2.45, 2.75) is 6.54 Å². The van der Waals surface area contributed by atoms with E-state index in [2.05, 4.69) is 10.3 Å². The first kappa shape index (κ1) is 11.7. The van der Waals surface area contributed by atoms with Crippen molar-refractivity contribution in [2.75, 3.05) is 27.3 Å². The smallest absolute Gasteiger partial charge is 0.183 e. The molecule has 84 valence electrons. The zero-order chi connectivity index (χ0) is 11.1. The Morgan fingerprint density at radius 1 is 1.40 bits per heavy atom. The van der Waals surface area contributed by atoms with Gasteiger partial charge in [-0.25, -0.2) is 0 Å². The third kappa shape index (κ3) is 3.07. The van der Waals surface area contributed by atoms with E-state index < -0.39 is 0 Å². The Labute approximate surface area is 89.6 Å². The number of hydrogen-bond donors (Lipinski definition) is 2. The molecular formula is C10H17N3O2. The summed E-state index contributed by atoms with van der Waals surface area (Å²) in [7, 11) is 3.21. The van der Waals surface area contributed by atoms with Crippen LogP contribution in [0.1, 0.15) is 5.69 Å². The van der Waals surface area contributed by atoms with E-state index in [4.69, 9.17) is 15.2 Å². The lowest BCUT2D eigenvalue weighted by Crippen LogP contribution is -2.22. The van der Waals surface area contributed by atoms with Crippen LogP contribution in [0.2, 0.25) is 0 Å². The Balaban J connectivity index is 2.76. The minimum atomic E-state index is 0.603. The Bertz CT molecular complexity index is 305. The fourth-order valence-electron chi connectivity index (χ4n) is 1.29. The summed E-state index contributed by atoms with van der Waals surface area (Å²) in [6.07, 6.45) is 1.70. The molecule has 0 bridgehead atoms. The molecule has 0 atom stereocenters. The molecule has 0 saturated heterocycles. The summed E-state index contributed by atoms with van der Waals surface area (Å²) < 4.78 is 10.4.